The number of methoxy groups -OCH3 is 1. The van der Waals surface area contributed by atoms with Gasteiger partial charge < -0.3 is 15.0 Å². The molecule has 0 saturated carbocycles. The molecule has 0 aliphatic heterocycles. The molecule has 168 valence electrons. The van der Waals surface area contributed by atoms with E-state index in [1.54, 1.807) is 7.11 Å². The number of nitrogens with one attached hydrogen (secondary N) is 1. The highest BCUT2D eigenvalue weighted by Gasteiger charge is 2.14. The van der Waals surface area contributed by atoms with Crippen LogP contribution in [0, 0.1) is 0 Å². The Balaban J connectivity index is 1.85. The SMILES string of the molecule is CCCCN(CCCC)CCC(C)Nc1c2ccc(Cl)cc2nc2ccc(OC)cc12. The van der Waals surface area contributed by atoms with Crippen LogP contribution in [0.15, 0.2) is 36.4 Å². The van der Waals surface area contributed by atoms with E-state index in [0.717, 1.165) is 46.2 Å². The summed E-state index contributed by atoms with van der Waals surface area (Å²) in [6, 6.07) is 12.3. The highest BCUT2D eigenvalue weighted by Crippen LogP contribution is 2.34. The third-order valence-corrected chi connectivity index (χ3v) is 6.10. The Morgan fingerprint density at radius 3 is 2.39 bits per heavy atom. The first-order valence-corrected chi connectivity index (χ1v) is 12.0. The quantitative estimate of drug-likeness (QED) is 0.303. The van der Waals surface area contributed by atoms with Crippen LogP contribution < -0.4 is 10.1 Å². The Bertz CT molecular complexity index is 983. The molecule has 0 aliphatic carbocycles. The number of benzene rings is 2. The van der Waals surface area contributed by atoms with Crippen LogP contribution in [0.2, 0.25) is 5.02 Å². The van der Waals surface area contributed by atoms with Crippen LogP contribution in [-0.2, 0) is 0 Å². The minimum Gasteiger partial charge on any atom is -0.497 e. The van der Waals surface area contributed by atoms with Gasteiger partial charge in [-0.25, -0.2) is 4.98 Å². The van der Waals surface area contributed by atoms with Crippen molar-refractivity contribution in [1.29, 1.82) is 0 Å². The second-order valence-corrected chi connectivity index (χ2v) is 8.85. The van der Waals surface area contributed by atoms with Crippen molar-refractivity contribution in [3.05, 3.63) is 41.4 Å². The summed E-state index contributed by atoms with van der Waals surface area (Å²) >= 11 is 6.26. The van der Waals surface area contributed by atoms with Gasteiger partial charge in [0.25, 0.3) is 0 Å². The molecule has 3 rings (SSSR count). The lowest BCUT2D eigenvalue weighted by molar-refractivity contribution is 0.258. The van der Waals surface area contributed by atoms with Gasteiger partial charge in [-0.3, -0.25) is 0 Å². The van der Waals surface area contributed by atoms with E-state index in [1.165, 1.54) is 38.8 Å². The lowest BCUT2D eigenvalue weighted by Crippen LogP contribution is -2.30. The molecule has 1 N–H and O–H groups in total. The zero-order valence-corrected chi connectivity index (χ0v) is 20.1. The van der Waals surface area contributed by atoms with E-state index in [-0.39, 0.29) is 0 Å². The van der Waals surface area contributed by atoms with Crippen LogP contribution in [-0.4, -0.2) is 42.7 Å². The van der Waals surface area contributed by atoms with Crippen LogP contribution in [0.1, 0.15) is 52.9 Å². The van der Waals surface area contributed by atoms with E-state index in [9.17, 15) is 0 Å². The number of halogens is 1. The molecule has 1 aromatic heterocycles. The van der Waals surface area contributed by atoms with E-state index < -0.39 is 0 Å². The molecule has 0 bridgehead atoms. The smallest absolute Gasteiger partial charge is 0.119 e. The van der Waals surface area contributed by atoms with Crippen molar-refractivity contribution in [1.82, 2.24) is 9.88 Å². The average molecular weight is 442 g/mol. The van der Waals surface area contributed by atoms with Crippen molar-refractivity contribution in [3.63, 3.8) is 0 Å². The largest absolute Gasteiger partial charge is 0.497 e. The van der Waals surface area contributed by atoms with Crippen molar-refractivity contribution >= 4 is 39.1 Å². The number of anilines is 1. The summed E-state index contributed by atoms with van der Waals surface area (Å²) in [5.41, 5.74) is 2.96. The second-order valence-electron chi connectivity index (χ2n) is 8.41. The zero-order chi connectivity index (χ0) is 22.2. The number of hydrogen-bond donors (Lipinski definition) is 1. The van der Waals surface area contributed by atoms with E-state index >= 15 is 0 Å². The summed E-state index contributed by atoms with van der Waals surface area (Å²) in [6.07, 6.45) is 6.12. The zero-order valence-electron chi connectivity index (χ0n) is 19.4. The fraction of sp³-hybridized carbons (Fsp3) is 0.500. The summed E-state index contributed by atoms with van der Waals surface area (Å²) in [7, 11) is 1.70. The standard InChI is InChI=1S/C26H36ClN3O/c1-5-7-14-30(15-8-6-2)16-13-19(3)28-26-22-11-9-20(27)17-25(22)29-24-12-10-21(31-4)18-23(24)26/h9-12,17-19H,5-8,13-16H2,1-4H3,(H,28,29). The fourth-order valence-corrected chi connectivity index (χ4v) is 4.14. The van der Waals surface area contributed by atoms with Gasteiger partial charge >= 0.3 is 0 Å². The number of fused-ring (bicyclic) bond motifs is 2. The monoisotopic (exact) mass is 441 g/mol. The van der Waals surface area contributed by atoms with Gasteiger partial charge in [-0.05, 0) is 75.7 Å². The van der Waals surface area contributed by atoms with E-state index in [4.69, 9.17) is 21.3 Å². The number of rotatable bonds is 12. The highest BCUT2D eigenvalue weighted by atomic mass is 35.5. The summed E-state index contributed by atoms with van der Waals surface area (Å²) < 4.78 is 5.48. The third-order valence-electron chi connectivity index (χ3n) is 5.87. The van der Waals surface area contributed by atoms with E-state index in [0.29, 0.717) is 11.1 Å². The lowest BCUT2D eigenvalue weighted by Gasteiger charge is -2.25. The van der Waals surface area contributed by atoms with Gasteiger partial charge in [0.1, 0.15) is 5.75 Å². The summed E-state index contributed by atoms with van der Waals surface area (Å²) in [4.78, 5) is 7.46. The Labute approximate surface area is 191 Å². The first-order valence-electron chi connectivity index (χ1n) is 11.6. The molecule has 3 aromatic rings. The number of hydrogen-bond acceptors (Lipinski definition) is 4. The van der Waals surface area contributed by atoms with Gasteiger partial charge in [0, 0.05) is 28.4 Å². The Hall–Kier alpha value is -2.04. The summed E-state index contributed by atoms with van der Waals surface area (Å²) in [5, 5.41) is 6.67. The molecule has 0 fully saturated rings. The minimum absolute atomic E-state index is 0.335. The van der Waals surface area contributed by atoms with Crippen molar-refractivity contribution in [3.8, 4) is 5.75 Å². The molecule has 0 radical (unpaired) electrons. The van der Waals surface area contributed by atoms with E-state index in [1.807, 2.05) is 24.3 Å². The van der Waals surface area contributed by atoms with Gasteiger partial charge in [0.2, 0.25) is 0 Å². The molecular weight excluding hydrogens is 406 g/mol. The second kappa shape index (κ2) is 11.5. The molecule has 0 saturated heterocycles. The normalized spacial score (nSPS) is 12.6. The molecule has 0 amide bonds. The van der Waals surface area contributed by atoms with Gasteiger partial charge in [-0.15, -0.1) is 0 Å². The topological polar surface area (TPSA) is 37.4 Å². The number of nitrogens with zero attached hydrogens (tertiary/aromatic N) is 2. The van der Waals surface area contributed by atoms with Crippen molar-refractivity contribution < 1.29 is 4.74 Å². The molecule has 0 spiro atoms. The Morgan fingerprint density at radius 2 is 1.71 bits per heavy atom. The number of unbranched alkanes of at least 4 members (excludes halogenated alkanes) is 2. The average Bonchev–Trinajstić information content (AvgIpc) is 2.78. The maximum Gasteiger partial charge on any atom is 0.119 e. The molecule has 1 unspecified atom stereocenters. The predicted molar refractivity (Wildman–Crippen MR) is 135 cm³/mol. The highest BCUT2D eigenvalue weighted by molar-refractivity contribution is 6.31. The van der Waals surface area contributed by atoms with Crippen LogP contribution in [0.3, 0.4) is 0 Å². The maximum atomic E-state index is 6.26. The van der Waals surface area contributed by atoms with Gasteiger partial charge in [-0.1, -0.05) is 38.3 Å². The van der Waals surface area contributed by atoms with Crippen LogP contribution >= 0.6 is 11.6 Å². The summed E-state index contributed by atoms with van der Waals surface area (Å²) in [6.45, 7) is 10.3. The molecular formula is C26H36ClN3O. The Kier molecular flexibility index (Phi) is 8.79. The predicted octanol–water partition coefficient (Wildman–Crippen LogP) is 7.14. The molecule has 5 heteroatoms. The lowest BCUT2D eigenvalue weighted by atomic mass is 10.1. The summed E-state index contributed by atoms with van der Waals surface area (Å²) in [5.74, 6) is 0.837. The van der Waals surface area contributed by atoms with Crippen molar-refractivity contribution in [2.24, 2.45) is 0 Å². The molecule has 31 heavy (non-hydrogen) atoms. The first kappa shape index (κ1) is 23.6. The van der Waals surface area contributed by atoms with Crippen molar-refractivity contribution in [2.75, 3.05) is 32.1 Å². The maximum absolute atomic E-state index is 6.26. The minimum atomic E-state index is 0.335. The Morgan fingerprint density at radius 1 is 0.968 bits per heavy atom. The van der Waals surface area contributed by atoms with Gasteiger partial charge in [0.05, 0.1) is 23.8 Å². The van der Waals surface area contributed by atoms with E-state index in [2.05, 4.69) is 43.1 Å². The van der Waals surface area contributed by atoms with Gasteiger partial charge in [0.15, 0.2) is 0 Å². The molecule has 1 heterocycles. The molecule has 4 nitrogen and oxygen atoms in total. The molecule has 2 aromatic carbocycles. The molecule has 1 atom stereocenters. The number of pyridine rings is 1. The fourth-order valence-electron chi connectivity index (χ4n) is 3.97. The van der Waals surface area contributed by atoms with Crippen LogP contribution in [0.25, 0.3) is 21.8 Å². The van der Waals surface area contributed by atoms with Crippen LogP contribution in [0.5, 0.6) is 5.75 Å². The molecule has 0 aliphatic rings. The third kappa shape index (κ3) is 6.24. The first-order chi connectivity index (χ1) is 15.0. The van der Waals surface area contributed by atoms with Gasteiger partial charge in [-0.2, -0.15) is 0 Å². The number of ether oxygens (including phenoxy) is 1. The number of aromatic nitrogens is 1. The van der Waals surface area contributed by atoms with Crippen LogP contribution in [0.4, 0.5) is 5.69 Å². The van der Waals surface area contributed by atoms with Crippen molar-refractivity contribution in [2.45, 2.75) is 58.9 Å².